The summed E-state index contributed by atoms with van der Waals surface area (Å²) in [5.74, 6) is 0.853. The Kier molecular flexibility index (Phi) is 2.99. The molecule has 3 rings (SSSR count). The first kappa shape index (κ1) is 10.7. The molecule has 2 aliphatic carbocycles. The first-order valence-electron chi connectivity index (χ1n) is 6.60. The summed E-state index contributed by atoms with van der Waals surface area (Å²) in [7, 11) is 0. The van der Waals surface area contributed by atoms with Crippen molar-refractivity contribution in [3.05, 3.63) is 15.6 Å². The van der Waals surface area contributed by atoms with Crippen molar-refractivity contribution in [2.24, 2.45) is 5.92 Å². The Morgan fingerprint density at radius 1 is 1.38 bits per heavy atom. The Morgan fingerprint density at radius 2 is 2.25 bits per heavy atom. The van der Waals surface area contributed by atoms with Gasteiger partial charge in [-0.25, -0.2) is 4.98 Å². The van der Waals surface area contributed by atoms with Crippen LogP contribution in [0.1, 0.15) is 54.2 Å². The molecule has 1 N–H and O–H groups in total. The van der Waals surface area contributed by atoms with E-state index >= 15 is 0 Å². The smallest absolute Gasteiger partial charge is 0.110 e. The van der Waals surface area contributed by atoms with Crippen LogP contribution in [0.5, 0.6) is 0 Å². The van der Waals surface area contributed by atoms with Gasteiger partial charge in [0.1, 0.15) is 5.01 Å². The lowest BCUT2D eigenvalue weighted by atomic mass is 9.80. The maximum Gasteiger partial charge on any atom is 0.110 e. The van der Waals surface area contributed by atoms with Crippen LogP contribution in [0.3, 0.4) is 0 Å². The predicted molar refractivity (Wildman–Crippen MR) is 67.9 cm³/mol. The van der Waals surface area contributed by atoms with E-state index in [1.807, 2.05) is 11.3 Å². The maximum absolute atomic E-state index is 4.87. The third-order valence-electron chi connectivity index (χ3n) is 3.92. The molecule has 1 aromatic rings. The maximum atomic E-state index is 4.87. The van der Waals surface area contributed by atoms with Gasteiger partial charge < -0.3 is 5.32 Å². The number of nitrogens with zero attached hydrogens (tertiary/aromatic N) is 1. The molecule has 1 atom stereocenters. The molecule has 0 saturated heterocycles. The summed E-state index contributed by atoms with van der Waals surface area (Å²) in [6, 6.07) is 0.550. The summed E-state index contributed by atoms with van der Waals surface area (Å²) < 4.78 is 0. The molecule has 1 aromatic heterocycles. The average molecular weight is 236 g/mol. The zero-order valence-corrected chi connectivity index (χ0v) is 10.8. The van der Waals surface area contributed by atoms with Gasteiger partial charge in [0.25, 0.3) is 0 Å². The molecule has 0 aromatic carbocycles. The number of aromatic nitrogens is 1. The molecule has 0 spiro atoms. The van der Waals surface area contributed by atoms with E-state index in [0.29, 0.717) is 6.04 Å². The third kappa shape index (κ3) is 1.80. The lowest BCUT2D eigenvalue weighted by molar-refractivity contribution is 0.232. The summed E-state index contributed by atoms with van der Waals surface area (Å²) in [5.41, 5.74) is 1.40. The van der Waals surface area contributed by atoms with Crippen LogP contribution < -0.4 is 5.32 Å². The van der Waals surface area contributed by atoms with Crippen molar-refractivity contribution in [1.82, 2.24) is 10.3 Å². The quantitative estimate of drug-likeness (QED) is 0.869. The Balaban J connectivity index is 1.81. The molecule has 3 heteroatoms. The van der Waals surface area contributed by atoms with Gasteiger partial charge in [-0.2, -0.15) is 0 Å². The van der Waals surface area contributed by atoms with Crippen LogP contribution in [0.15, 0.2) is 0 Å². The van der Waals surface area contributed by atoms with Crippen LogP contribution in [0.2, 0.25) is 0 Å². The van der Waals surface area contributed by atoms with E-state index in [1.54, 1.807) is 4.88 Å². The van der Waals surface area contributed by atoms with Crippen LogP contribution in [0, 0.1) is 5.92 Å². The van der Waals surface area contributed by atoms with Gasteiger partial charge in [-0.3, -0.25) is 0 Å². The lowest BCUT2D eigenvalue weighted by Gasteiger charge is -2.33. The molecule has 0 amide bonds. The van der Waals surface area contributed by atoms with Crippen molar-refractivity contribution in [3.8, 4) is 0 Å². The summed E-state index contributed by atoms with van der Waals surface area (Å²) in [5, 5.41) is 5.01. The minimum absolute atomic E-state index is 0.550. The number of rotatable bonds is 4. The molecule has 1 heterocycles. The standard InChI is InChI=1S/C13H20N2S/c1-2-14-12(9-5-3-6-9)13-15-10-7-4-8-11(10)16-13/h9,12,14H,2-8H2,1H3. The second-order valence-corrected chi connectivity index (χ2v) is 6.12. The number of thiazole rings is 1. The van der Waals surface area contributed by atoms with Gasteiger partial charge in [-0.15, -0.1) is 11.3 Å². The van der Waals surface area contributed by atoms with Crippen LogP contribution in [-0.2, 0) is 12.8 Å². The first-order valence-corrected chi connectivity index (χ1v) is 7.42. The summed E-state index contributed by atoms with van der Waals surface area (Å²) in [4.78, 5) is 6.44. The van der Waals surface area contributed by atoms with Crippen molar-refractivity contribution in [2.45, 2.75) is 51.5 Å². The van der Waals surface area contributed by atoms with Crippen molar-refractivity contribution < 1.29 is 0 Å². The molecule has 1 unspecified atom stereocenters. The normalized spacial score (nSPS) is 21.8. The van der Waals surface area contributed by atoms with Crippen molar-refractivity contribution in [1.29, 1.82) is 0 Å². The van der Waals surface area contributed by atoms with Gasteiger partial charge in [0.05, 0.1) is 11.7 Å². The average Bonchev–Trinajstić information content (AvgIpc) is 2.72. The highest BCUT2D eigenvalue weighted by Crippen LogP contribution is 2.40. The van der Waals surface area contributed by atoms with Gasteiger partial charge in [-0.1, -0.05) is 13.3 Å². The molecule has 1 fully saturated rings. The van der Waals surface area contributed by atoms with Crippen molar-refractivity contribution >= 4 is 11.3 Å². The minimum atomic E-state index is 0.550. The highest BCUT2D eigenvalue weighted by atomic mass is 32.1. The third-order valence-corrected chi connectivity index (χ3v) is 5.16. The van der Waals surface area contributed by atoms with Gasteiger partial charge in [0.15, 0.2) is 0 Å². The predicted octanol–water partition coefficient (Wildman–Crippen LogP) is 3.08. The Hall–Kier alpha value is -0.410. The lowest BCUT2D eigenvalue weighted by Crippen LogP contribution is -2.32. The van der Waals surface area contributed by atoms with E-state index in [4.69, 9.17) is 4.98 Å². The first-order chi connectivity index (χ1) is 7.88. The Labute approximate surface area is 101 Å². The zero-order valence-electron chi connectivity index (χ0n) is 9.96. The van der Waals surface area contributed by atoms with Crippen LogP contribution >= 0.6 is 11.3 Å². The van der Waals surface area contributed by atoms with Crippen LogP contribution in [0.4, 0.5) is 0 Å². The number of hydrogen-bond donors (Lipinski definition) is 1. The van der Waals surface area contributed by atoms with E-state index in [2.05, 4.69) is 12.2 Å². The van der Waals surface area contributed by atoms with Crippen LogP contribution in [0.25, 0.3) is 0 Å². The second-order valence-electron chi connectivity index (χ2n) is 5.00. The van der Waals surface area contributed by atoms with Crippen molar-refractivity contribution in [2.75, 3.05) is 6.54 Å². The van der Waals surface area contributed by atoms with E-state index in [-0.39, 0.29) is 0 Å². The second kappa shape index (κ2) is 4.46. The topological polar surface area (TPSA) is 24.9 Å². The molecule has 2 nitrogen and oxygen atoms in total. The summed E-state index contributed by atoms with van der Waals surface area (Å²) >= 11 is 1.97. The van der Waals surface area contributed by atoms with Gasteiger partial charge in [-0.05, 0) is 44.6 Å². The number of fused-ring (bicyclic) bond motifs is 1. The molecule has 0 radical (unpaired) electrons. The van der Waals surface area contributed by atoms with E-state index in [1.165, 1.54) is 49.2 Å². The fraction of sp³-hybridized carbons (Fsp3) is 0.769. The monoisotopic (exact) mass is 236 g/mol. The minimum Gasteiger partial charge on any atom is -0.308 e. The van der Waals surface area contributed by atoms with E-state index < -0.39 is 0 Å². The molecule has 1 saturated carbocycles. The highest BCUT2D eigenvalue weighted by molar-refractivity contribution is 7.11. The largest absolute Gasteiger partial charge is 0.308 e. The Morgan fingerprint density at radius 3 is 2.88 bits per heavy atom. The summed E-state index contributed by atoms with van der Waals surface area (Å²) in [6.07, 6.45) is 8.01. The van der Waals surface area contributed by atoms with Crippen molar-refractivity contribution in [3.63, 3.8) is 0 Å². The zero-order chi connectivity index (χ0) is 11.0. The van der Waals surface area contributed by atoms with E-state index in [9.17, 15) is 0 Å². The summed E-state index contributed by atoms with van der Waals surface area (Å²) in [6.45, 7) is 3.26. The SMILES string of the molecule is CCNC(c1nc2c(s1)CCC2)C1CCC1. The molecule has 2 aliphatic rings. The van der Waals surface area contributed by atoms with Gasteiger partial charge in [0, 0.05) is 4.88 Å². The van der Waals surface area contributed by atoms with Gasteiger partial charge >= 0.3 is 0 Å². The molecule has 0 aliphatic heterocycles. The molecule has 0 bridgehead atoms. The van der Waals surface area contributed by atoms with Gasteiger partial charge in [0.2, 0.25) is 0 Å². The number of hydrogen-bond acceptors (Lipinski definition) is 3. The Bertz CT molecular complexity index is 347. The molecule has 16 heavy (non-hydrogen) atoms. The number of aryl methyl sites for hydroxylation is 2. The van der Waals surface area contributed by atoms with Crippen LogP contribution in [-0.4, -0.2) is 11.5 Å². The molecule has 88 valence electrons. The highest BCUT2D eigenvalue weighted by Gasteiger charge is 2.31. The number of nitrogens with one attached hydrogen (secondary N) is 1. The molecular weight excluding hydrogens is 216 g/mol. The fourth-order valence-corrected chi connectivity index (χ4v) is 4.12. The van der Waals surface area contributed by atoms with E-state index in [0.717, 1.165) is 12.5 Å². The fourth-order valence-electron chi connectivity index (χ4n) is 2.79. The molecular formula is C13H20N2S.